The predicted octanol–water partition coefficient (Wildman–Crippen LogP) is 4.30. The van der Waals surface area contributed by atoms with Crippen LogP contribution in [0.3, 0.4) is 0 Å². The first kappa shape index (κ1) is 18.0. The highest BCUT2D eigenvalue weighted by Crippen LogP contribution is 2.28. The Morgan fingerprint density at radius 3 is 2.40 bits per heavy atom. The van der Waals surface area contributed by atoms with Crippen molar-refractivity contribution in [3.05, 3.63) is 0 Å². The summed E-state index contributed by atoms with van der Waals surface area (Å²) in [7, 11) is 2.23. The molecule has 120 valence electrons. The van der Waals surface area contributed by atoms with Crippen molar-refractivity contribution >= 4 is 0 Å². The summed E-state index contributed by atoms with van der Waals surface area (Å²) in [6.07, 6.45) is 9.76. The molecule has 0 aromatic heterocycles. The molecule has 2 heteroatoms. The predicted molar refractivity (Wildman–Crippen MR) is 90.2 cm³/mol. The molecule has 0 amide bonds. The van der Waals surface area contributed by atoms with Crippen molar-refractivity contribution in [3.8, 4) is 0 Å². The lowest BCUT2D eigenvalue weighted by Gasteiger charge is -2.21. The molecule has 1 aliphatic rings. The lowest BCUT2D eigenvalue weighted by atomic mass is 9.89. The summed E-state index contributed by atoms with van der Waals surface area (Å²) in [5, 5.41) is 3.81. The van der Waals surface area contributed by atoms with E-state index in [0.717, 1.165) is 17.9 Å². The quantitative estimate of drug-likeness (QED) is 0.527. The van der Waals surface area contributed by atoms with E-state index in [9.17, 15) is 0 Å². The molecule has 1 N–H and O–H groups in total. The second-order valence-electron chi connectivity index (χ2n) is 7.44. The fourth-order valence-corrected chi connectivity index (χ4v) is 3.25. The molecule has 0 aromatic rings. The highest BCUT2D eigenvalue weighted by atomic mass is 15.1. The van der Waals surface area contributed by atoms with E-state index in [0.29, 0.717) is 6.04 Å². The fourth-order valence-electron chi connectivity index (χ4n) is 3.25. The van der Waals surface area contributed by atoms with E-state index in [2.05, 4.69) is 45.0 Å². The van der Waals surface area contributed by atoms with Gasteiger partial charge in [-0.15, -0.1) is 0 Å². The summed E-state index contributed by atoms with van der Waals surface area (Å²) in [6, 6.07) is 1.47. The van der Waals surface area contributed by atoms with E-state index in [1.165, 1.54) is 58.0 Å². The summed E-state index contributed by atoms with van der Waals surface area (Å²) >= 11 is 0. The van der Waals surface area contributed by atoms with Crippen LogP contribution >= 0.6 is 0 Å². The van der Waals surface area contributed by atoms with Gasteiger partial charge in [-0.2, -0.15) is 0 Å². The number of rotatable bonds is 8. The first-order valence-corrected chi connectivity index (χ1v) is 8.94. The molecule has 1 rings (SSSR count). The van der Waals surface area contributed by atoms with Crippen LogP contribution in [0.2, 0.25) is 0 Å². The molecule has 2 nitrogen and oxygen atoms in total. The van der Waals surface area contributed by atoms with Crippen molar-refractivity contribution in [2.45, 2.75) is 84.7 Å². The third-order valence-electron chi connectivity index (χ3n) is 5.21. The Balaban J connectivity index is 2.07. The molecule has 0 spiro atoms. The van der Waals surface area contributed by atoms with Crippen molar-refractivity contribution in [2.75, 3.05) is 20.1 Å². The van der Waals surface area contributed by atoms with Crippen LogP contribution in [0.15, 0.2) is 0 Å². The Bertz CT molecular complexity index is 238. The minimum absolute atomic E-state index is 0.679. The van der Waals surface area contributed by atoms with Crippen LogP contribution in [0.4, 0.5) is 0 Å². The maximum absolute atomic E-state index is 3.81. The maximum atomic E-state index is 3.81. The van der Waals surface area contributed by atoms with Gasteiger partial charge in [0.15, 0.2) is 0 Å². The van der Waals surface area contributed by atoms with Gasteiger partial charge in [0.1, 0.15) is 0 Å². The normalized spacial score (nSPS) is 24.6. The highest BCUT2D eigenvalue weighted by Gasteiger charge is 2.20. The number of hydrogen-bond acceptors (Lipinski definition) is 2. The number of hydrogen-bond donors (Lipinski definition) is 1. The average molecular weight is 283 g/mol. The molecule has 1 fully saturated rings. The topological polar surface area (TPSA) is 15.3 Å². The molecule has 0 aromatic carbocycles. The van der Waals surface area contributed by atoms with E-state index in [1.807, 2.05) is 0 Å². The number of unbranched alkanes of at least 4 members (excludes halogenated alkanes) is 1. The molecule has 1 saturated carbocycles. The molecule has 1 aliphatic carbocycles. The van der Waals surface area contributed by atoms with Crippen LogP contribution < -0.4 is 5.32 Å². The summed E-state index contributed by atoms with van der Waals surface area (Å²) in [4.78, 5) is 2.44. The molecule has 0 bridgehead atoms. The zero-order valence-corrected chi connectivity index (χ0v) is 14.6. The summed E-state index contributed by atoms with van der Waals surface area (Å²) in [5.41, 5.74) is 0. The Labute approximate surface area is 127 Å². The van der Waals surface area contributed by atoms with Crippen molar-refractivity contribution in [1.29, 1.82) is 0 Å². The highest BCUT2D eigenvalue weighted by molar-refractivity contribution is 4.76. The van der Waals surface area contributed by atoms with Gasteiger partial charge in [0, 0.05) is 12.1 Å². The standard InChI is InChI=1S/C18H38N2/c1-15(2)17-9-8-10-18(12-11-17)19-13-6-7-14-20(5)16(3)4/h15-19H,6-14H2,1-5H3. The van der Waals surface area contributed by atoms with Gasteiger partial charge in [-0.05, 0) is 77.9 Å². The minimum Gasteiger partial charge on any atom is -0.314 e. The molecule has 0 aliphatic heterocycles. The van der Waals surface area contributed by atoms with Crippen LogP contribution in [0.5, 0.6) is 0 Å². The van der Waals surface area contributed by atoms with Crippen LogP contribution in [0.1, 0.15) is 72.6 Å². The fraction of sp³-hybridized carbons (Fsp3) is 1.00. The van der Waals surface area contributed by atoms with E-state index in [1.54, 1.807) is 0 Å². The minimum atomic E-state index is 0.679. The third-order valence-corrected chi connectivity index (χ3v) is 5.21. The summed E-state index contributed by atoms with van der Waals surface area (Å²) < 4.78 is 0. The average Bonchev–Trinajstić information content (AvgIpc) is 2.63. The summed E-state index contributed by atoms with van der Waals surface area (Å²) in [5.74, 6) is 1.85. The zero-order valence-electron chi connectivity index (χ0n) is 14.6. The first-order chi connectivity index (χ1) is 9.50. The van der Waals surface area contributed by atoms with E-state index < -0.39 is 0 Å². The molecule has 0 radical (unpaired) electrons. The maximum Gasteiger partial charge on any atom is 0.00671 e. The van der Waals surface area contributed by atoms with Crippen molar-refractivity contribution in [2.24, 2.45) is 11.8 Å². The molecule has 2 atom stereocenters. The molecular formula is C18H38N2. The van der Waals surface area contributed by atoms with Crippen LogP contribution in [-0.2, 0) is 0 Å². The first-order valence-electron chi connectivity index (χ1n) is 8.94. The second kappa shape index (κ2) is 9.78. The van der Waals surface area contributed by atoms with Crippen LogP contribution in [0.25, 0.3) is 0 Å². The largest absolute Gasteiger partial charge is 0.314 e. The SMILES string of the molecule is CC(C)C1CCCC(NCCCCN(C)C(C)C)CC1. The summed E-state index contributed by atoms with van der Waals surface area (Å²) in [6.45, 7) is 11.8. The number of nitrogens with zero attached hydrogens (tertiary/aromatic N) is 1. The molecular weight excluding hydrogens is 244 g/mol. The lowest BCUT2D eigenvalue weighted by Crippen LogP contribution is -2.31. The smallest absolute Gasteiger partial charge is 0.00671 e. The van der Waals surface area contributed by atoms with E-state index >= 15 is 0 Å². The van der Waals surface area contributed by atoms with Gasteiger partial charge in [-0.1, -0.05) is 26.7 Å². The van der Waals surface area contributed by atoms with Gasteiger partial charge in [-0.3, -0.25) is 0 Å². The third kappa shape index (κ3) is 7.08. The van der Waals surface area contributed by atoms with Gasteiger partial charge in [0.2, 0.25) is 0 Å². The van der Waals surface area contributed by atoms with Gasteiger partial charge in [-0.25, -0.2) is 0 Å². The van der Waals surface area contributed by atoms with Crippen molar-refractivity contribution in [3.63, 3.8) is 0 Å². The lowest BCUT2D eigenvalue weighted by molar-refractivity contribution is 0.267. The molecule has 20 heavy (non-hydrogen) atoms. The van der Waals surface area contributed by atoms with Crippen molar-refractivity contribution in [1.82, 2.24) is 10.2 Å². The second-order valence-corrected chi connectivity index (χ2v) is 7.44. The molecule has 0 saturated heterocycles. The van der Waals surface area contributed by atoms with Crippen LogP contribution in [0, 0.1) is 11.8 Å². The zero-order chi connectivity index (χ0) is 15.0. The van der Waals surface area contributed by atoms with Crippen molar-refractivity contribution < 1.29 is 0 Å². The van der Waals surface area contributed by atoms with Gasteiger partial charge in [0.05, 0.1) is 0 Å². The van der Waals surface area contributed by atoms with Gasteiger partial charge in [0.25, 0.3) is 0 Å². The van der Waals surface area contributed by atoms with Gasteiger partial charge >= 0.3 is 0 Å². The molecule has 2 unspecified atom stereocenters. The van der Waals surface area contributed by atoms with E-state index in [-0.39, 0.29) is 0 Å². The number of nitrogens with one attached hydrogen (secondary N) is 1. The Morgan fingerprint density at radius 2 is 1.75 bits per heavy atom. The Morgan fingerprint density at radius 1 is 1.00 bits per heavy atom. The van der Waals surface area contributed by atoms with E-state index in [4.69, 9.17) is 0 Å². The Hall–Kier alpha value is -0.0800. The molecule has 0 heterocycles. The van der Waals surface area contributed by atoms with Crippen LogP contribution in [-0.4, -0.2) is 37.1 Å². The van der Waals surface area contributed by atoms with Gasteiger partial charge < -0.3 is 10.2 Å². The Kier molecular flexibility index (Phi) is 8.79. The monoisotopic (exact) mass is 282 g/mol.